The topological polar surface area (TPSA) is 78.3 Å². The maximum atomic E-state index is 15.1. The van der Waals surface area contributed by atoms with Gasteiger partial charge in [-0.1, -0.05) is 42.5 Å². The van der Waals surface area contributed by atoms with Crippen LogP contribution in [-0.2, 0) is 4.74 Å². The first-order valence-corrected chi connectivity index (χ1v) is 10.7. The summed E-state index contributed by atoms with van der Waals surface area (Å²) in [6, 6.07) is 20.8. The molecule has 1 aromatic heterocycles. The Morgan fingerprint density at radius 2 is 1.82 bits per heavy atom. The van der Waals surface area contributed by atoms with Gasteiger partial charge in [-0.2, -0.15) is 10.1 Å². The largest absolute Gasteiger partial charge is 0.480 e. The maximum Gasteiger partial charge on any atom is 0.337 e. The number of rotatable bonds is 3. The minimum absolute atomic E-state index is 0.346. The van der Waals surface area contributed by atoms with Crippen molar-refractivity contribution in [2.45, 2.75) is 12.1 Å². The molecule has 4 aromatic rings. The number of hydrogen-bond donors (Lipinski definition) is 1. The van der Waals surface area contributed by atoms with Crippen LogP contribution in [0.1, 0.15) is 39.2 Å². The predicted octanol–water partition coefficient (Wildman–Crippen LogP) is 4.76. The molecule has 0 spiro atoms. The number of esters is 1. The quantitative estimate of drug-likeness (QED) is 0.450. The van der Waals surface area contributed by atoms with E-state index in [1.54, 1.807) is 35.0 Å². The number of carbonyl (C=O) groups excluding carboxylic acids is 1. The zero-order valence-electron chi connectivity index (χ0n) is 18.1. The van der Waals surface area contributed by atoms with E-state index in [0.29, 0.717) is 22.8 Å². The van der Waals surface area contributed by atoms with Crippen LogP contribution >= 0.6 is 0 Å². The van der Waals surface area contributed by atoms with Crippen molar-refractivity contribution in [3.05, 3.63) is 113 Å². The fourth-order valence-electron chi connectivity index (χ4n) is 4.60. The third kappa shape index (κ3) is 3.07. The van der Waals surface area contributed by atoms with Crippen molar-refractivity contribution >= 4 is 17.6 Å². The summed E-state index contributed by atoms with van der Waals surface area (Å²) in [4.78, 5) is 16.3. The number of para-hydroxylation sites is 1. The van der Waals surface area contributed by atoms with Crippen molar-refractivity contribution in [2.75, 3.05) is 12.4 Å². The number of hydrogen-bond acceptors (Lipinski definition) is 6. The van der Waals surface area contributed by atoms with Gasteiger partial charge in [0.15, 0.2) is 0 Å². The van der Waals surface area contributed by atoms with Gasteiger partial charge < -0.3 is 14.8 Å². The second-order valence-corrected chi connectivity index (χ2v) is 8.02. The minimum Gasteiger partial charge on any atom is -0.480 e. The van der Waals surface area contributed by atoms with Crippen molar-refractivity contribution < 1.29 is 18.7 Å². The van der Waals surface area contributed by atoms with Crippen LogP contribution in [0.3, 0.4) is 0 Å². The van der Waals surface area contributed by atoms with Crippen molar-refractivity contribution in [3.8, 4) is 5.75 Å². The average Bonchev–Trinajstić information content (AvgIpc) is 3.35. The number of anilines is 1. The first kappa shape index (κ1) is 20.2. The van der Waals surface area contributed by atoms with Gasteiger partial charge >= 0.3 is 5.97 Å². The van der Waals surface area contributed by atoms with Crippen LogP contribution in [0.5, 0.6) is 5.75 Å². The van der Waals surface area contributed by atoms with Crippen molar-refractivity contribution in [1.29, 1.82) is 0 Å². The van der Waals surface area contributed by atoms with Gasteiger partial charge in [-0.25, -0.2) is 13.9 Å². The van der Waals surface area contributed by atoms with E-state index in [2.05, 4.69) is 15.4 Å². The number of benzene rings is 3. The summed E-state index contributed by atoms with van der Waals surface area (Å²) < 4.78 is 28.1. The molecule has 0 unspecified atom stereocenters. The van der Waals surface area contributed by atoms with Crippen LogP contribution in [0.2, 0.25) is 0 Å². The summed E-state index contributed by atoms with van der Waals surface area (Å²) >= 11 is 0. The van der Waals surface area contributed by atoms with E-state index in [4.69, 9.17) is 9.47 Å². The number of fused-ring (bicyclic) bond motifs is 3. The molecule has 2 aliphatic heterocycles. The van der Waals surface area contributed by atoms with Crippen LogP contribution in [0.15, 0.2) is 84.7 Å². The molecule has 0 radical (unpaired) electrons. The van der Waals surface area contributed by atoms with Crippen LogP contribution in [0.25, 0.3) is 5.70 Å². The molecule has 0 fully saturated rings. The smallest absolute Gasteiger partial charge is 0.337 e. The van der Waals surface area contributed by atoms with E-state index in [9.17, 15) is 4.79 Å². The molecule has 2 aliphatic rings. The molecule has 6 rings (SSSR count). The number of nitrogens with zero attached hydrogens (tertiary/aromatic N) is 3. The fourth-order valence-corrected chi connectivity index (χ4v) is 4.60. The highest BCUT2D eigenvalue weighted by atomic mass is 19.1. The molecule has 3 aromatic carbocycles. The van der Waals surface area contributed by atoms with Crippen molar-refractivity contribution in [3.63, 3.8) is 0 Å². The van der Waals surface area contributed by atoms with Gasteiger partial charge in [0.25, 0.3) is 0 Å². The molecule has 0 amide bonds. The Balaban J connectivity index is 1.58. The molecular formula is C26H19FN4O3. The Hall–Kier alpha value is -4.46. The Morgan fingerprint density at radius 3 is 2.62 bits per heavy atom. The Bertz CT molecular complexity index is 1440. The fraction of sp³-hybridized carbons (Fsp3) is 0.115. The lowest BCUT2D eigenvalue weighted by atomic mass is 9.84. The van der Waals surface area contributed by atoms with Gasteiger partial charge in [0.1, 0.15) is 30.0 Å². The first-order valence-electron chi connectivity index (χ1n) is 10.7. The number of aromatic nitrogens is 3. The lowest BCUT2D eigenvalue weighted by molar-refractivity contribution is 0.0600. The summed E-state index contributed by atoms with van der Waals surface area (Å²) in [7, 11) is 1.34. The molecule has 3 heterocycles. The summed E-state index contributed by atoms with van der Waals surface area (Å²) in [5.41, 5.74) is 4.16. The van der Waals surface area contributed by atoms with Crippen molar-refractivity contribution in [2.24, 2.45) is 0 Å². The third-order valence-corrected chi connectivity index (χ3v) is 6.16. The highest BCUT2D eigenvalue weighted by Crippen LogP contribution is 2.50. The van der Waals surface area contributed by atoms with E-state index in [1.807, 2.05) is 36.4 Å². The van der Waals surface area contributed by atoms with E-state index in [-0.39, 0.29) is 5.82 Å². The highest BCUT2D eigenvalue weighted by Gasteiger charge is 2.41. The normalized spacial score (nSPS) is 18.2. The summed E-state index contributed by atoms with van der Waals surface area (Å²) in [5.74, 6) is 0.443. The van der Waals surface area contributed by atoms with Gasteiger partial charge in [-0.3, -0.25) is 0 Å². The SMILES string of the molecule is COC(=O)c1ccc([C@@H]2Oc3ccccc3C3=C2[C@@H](c2ccccc2F)n2ncnc2N3)cc1. The van der Waals surface area contributed by atoms with Crippen LogP contribution < -0.4 is 10.1 Å². The molecule has 2 atom stereocenters. The molecule has 7 nitrogen and oxygen atoms in total. The lowest BCUT2D eigenvalue weighted by Crippen LogP contribution is -2.32. The predicted molar refractivity (Wildman–Crippen MR) is 123 cm³/mol. The van der Waals surface area contributed by atoms with Crippen molar-refractivity contribution in [1.82, 2.24) is 14.8 Å². The highest BCUT2D eigenvalue weighted by molar-refractivity contribution is 5.89. The van der Waals surface area contributed by atoms with E-state index in [0.717, 1.165) is 22.4 Å². The first-order chi connectivity index (χ1) is 16.7. The zero-order chi connectivity index (χ0) is 23.2. The van der Waals surface area contributed by atoms with Gasteiger partial charge in [0.2, 0.25) is 5.95 Å². The monoisotopic (exact) mass is 454 g/mol. The Kier molecular flexibility index (Phi) is 4.65. The second kappa shape index (κ2) is 7.84. The number of nitrogens with one attached hydrogen (secondary N) is 1. The molecule has 34 heavy (non-hydrogen) atoms. The van der Waals surface area contributed by atoms with Gasteiger partial charge in [0.05, 0.1) is 18.4 Å². The molecule has 0 aliphatic carbocycles. The number of ether oxygens (including phenoxy) is 2. The van der Waals surface area contributed by atoms with Gasteiger partial charge in [-0.05, 0) is 35.9 Å². The standard InChI is InChI=1S/C26H19FN4O3/c1-33-25(32)16-12-10-15(11-13-16)24-21-22(18-7-3-5-9-20(18)34-24)30-26-28-14-29-31(26)23(21)17-6-2-4-8-19(17)27/h2-14,23-24H,1H3,(H,28,29,30)/t23-,24+/m1/s1. The number of carbonyl (C=O) groups is 1. The van der Waals surface area contributed by atoms with Crippen LogP contribution in [-0.4, -0.2) is 27.8 Å². The summed E-state index contributed by atoms with van der Waals surface area (Å²) in [6.07, 6.45) is 0.882. The van der Waals surface area contributed by atoms with Gasteiger partial charge in [0, 0.05) is 16.7 Å². The molecule has 0 saturated carbocycles. The second-order valence-electron chi connectivity index (χ2n) is 8.02. The molecule has 168 valence electrons. The summed E-state index contributed by atoms with van der Waals surface area (Å²) in [6.45, 7) is 0. The molecule has 8 heteroatoms. The van der Waals surface area contributed by atoms with E-state index in [1.165, 1.54) is 19.5 Å². The van der Waals surface area contributed by atoms with Crippen LogP contribution in [0, 0.1) is 5.82 Å². The van der Waals surface area contributed by atoms with E-state index < -0.39 is 18.1 Å². The lowest BCUT2D eigenvalue weighted by Gasteiger charge is -2.39. The average molecular weight is 454 g/mol. The molecule has 0 bridgehead atoms. The molecular weight excluding hydrogens is 435 g/mol. The van der Waals surface area contributed by atoms with E-state index >= 15 is 4.39 Å². The maximum absolute atomic E-state index is 15.1. The number of halogens is 1. The minimum atomic E-state index is -0.589. The third-order valence-electron chi connectivity index (χ3n) is 6.16. The molecule has 1 N–H and O–H groups in total. The number of methoxy groups -OCH3 is 1. The van der Waals surface area contributed by atoms with Gasteiger partial charge in [-0.15, -0.1) is 0 Å². The Morgan fingerprint density at radius 1 is 1.06 bits per heavy atom. The van der Waals surface area contributed by atoms with Crippen LogP contribution in [0.4, 0.5) is 10.3 Å². The Labute approximate surface area is 194 Å². The molecule has 0 saturated heterocycles. The zero-order valence-corrected chi connectivity index (χ0v) is 18.1. The summed E-state index contributed by atoms with van der Waals surface area (Å²) in [5, 5.41) is 7.79.